The molecule has 2 rings (SSSR count). The zero-order valence-corrected chi connectivity index (χ0v) is 9.51. The van der Waals surface area contributed by atoms with Crippen molar-refractivity contribution in [3.8, 4) is 0 Å². The maximum atomic E-state index is 11.7. The number of carboxylic acids is 1. The number of hydrogen-bond donors (Lipinski definition) is 2. The Morgan fingerprint density at radius 3 is 2.39 bits per heavy atom. The van der Waals surface area contributed by atoms with E-state index in [9.17, 15) is 14.7 Å². The van der Waals surface area contributed by atoms with Crippen LogP contribution < -0.4 is 0 Å². The standard InChI is InChI=1S/C13H10O5/c1-7(12(15)16)11-10(14)9(13(17)18-11)8-5-3-2-4-6-8/h2-6,14H,1H3,(H,15,16)/b11-7+. The quantitative estimate of drug-likeness (QED) is 0.614. The van der Waals surface area contributed by atoms with Crippen LogP contribution in [0.2, 0.25) is 0 Å². The molecule has 1 aliphatic heterocycles. The summed E-state index contributed by atoms with van der Waals surface area (Å²) < 4.78 is 4.80. The summed E-state index contributed by atoms with van der Waals surface area (Å²) in [6.45, 7) is 1.26. The van der Waals surface area contributed by atoms with E-state index in [0.717, 1.165) is 0 Å². The van der Waals surface area contributed by atoms with Crippen LogP contribution in [-0.2, 0) is 14.3 Å². The van der Waals surface area contributed by atoms with Gasteiger partial charge in [-0.25, -0.2) is 9.59 Å². The van der Waals surface area contributed by atoms with E-state index in [1.165, 1.54) is 6.92 Å². The number of aliphatic hydroxyl groups is 1. The summed E-state index contributed by atoms with van der Waals surface area (Å²) in [5.41, 5.74) is 0.242. The summed E-state index contributed by atoms with van der Waals surface area (Å²) in [7, 11) is 0. The van der Waals surface area contributed by atoms with Crippen LogP contribution in [0, 0.1) is 0 Å². The molecule has 0 spiro atoms. The van der Waals surface area contributed by atoms with Gasteiger partial charge in [0.15, 0.2) is 11.5 Å². The van der Waals surface area contributed by atoms with Crippen molar-refractivity contribution in [2.24, 2.45) is 0 Å². The Morgan fingerprint density at radius 1 is 1.22 bits per heavy atom. The Bertz CT molecular complexity index is 581. The number of aliphatic carboxylic acids is 1. The van der Waals surface area contributed by atoms with Gasteiger partial charge in [0.05, 0.1) is 5.57 Å². The lowest BCUT2D eigenvalue weighted by Crippen LogP contribution is -2.03. The second kappa shape index (κ2) is 4.37. The van der Waals surface area contributed by atoms with Crippen LogP contribution in [0.5, 0.6) is 0 Å². The van der Waals surface area contributed by atoms with Gasteiger partial charge in [-0.2, -0.15) is 0 Å². The lowest BCUT2D eigenvalue weighted by molar-refractivity contribution is -0.133. The smallest absolute Gasteiger partial charge is 0.348 e. The van der Waals surface area contributed by atoms with E-state index >= 15 is 0 Å². The van der Waals surface area contributed by atoms with Gasteiger partial charge < -0.3 is 14.9 Å². The highest BCUT2D eigenvalue weighted by Gasteiger charge is 2.33. The topological polar surface area (TPSA) is 83.8 Å². The lowest BCUT2D eigenvalue weighted by atomic mass is 10.0. The molecule has 5 heteroatoms. The first-order valence-corrected chi connectivity index (χ1v) is 5.17. The van der Waals surface area contributed by atoms with Crippen molar-refractivity contribution in [2.75, 3.05) is 0 Å². The molecule has 0 saturated carbocycles. The summed E-state index contributed by atoms with van der Waals surface area (Å²) in [5.74, 6) is -2.74. The number of carboxylic acid groups (broad SMARTS) is 1. The van der Waals surface area contributed by atoms with Gasteiger partial charge in [0.1, 0.15) is 5.57 Å². The number of benzene rings is 1. The second-order valence-corrected chi connectivity index (χ2v) is 3.74. The van der Waals surface area contributed by atoms with Crippen LogP contribution in [0.15, 0.2) is 47.4 Å². The van der Waals surface area contributed by atoms with Crippen LogP contribution in [0.3, 0.4) is 0 Å². The van der Waals surface area contributed by atoms with Crippen LogP contribution in [-0.4, -0.2) is 22.2 Å². The molecule has 1 aliphatic rings. The summed E-state index contributed by atoms with van der Waals surface area (Å²) in [6, 6.07) is 8.43. The first kappa shape index (κ1) is 11.9. The molecule has 1 heterocycles. The molecule has 18 heavy (non-hydrogen) atoms. The number of rotatable bonds is 2. The molecule has 0 fully saturated rings. The molecule has 92 valence electrons. The first-order valence-electron chi connectivity index (χ1n) is 5.17. The number of hydrogen-bond acceptors (Lipinski definition) is 4. The average molecular weight is 246 g/mol. The Hall–Kier alpha value is -2.56. The first-order chi connectivity index (χ1) is 8.52. The maximum absolute atomic E-state index is 11.7. The van der Waals surface area contributed by atoms with Crippen LogP contribution in [0.1, 0.15) is 12.5 Å². The molecule has 0 atom stereocenters. The summed E-state index contributed by atoms with van der Waals surface area (Å²) in [6.07, 6.45) is 0. The lowest BCUT2D eigenvalue weighted by Gasteiger charge is -1.99. The van der Waals surface area contributed by atoms with Gasteiger partial charge in [-0.1, -0.05) is 30.3 Å². The van der Waals surface area contributed by atoms with Crippen molar-refractivity contribution in [1.29, 1.82) is 0 Å². The van der Waals surface area contributed by atoms with E-state index in [0.29, 0.717) is 5.56 Å². The summed E-state index contributed by atoms with van der Waals surface area (Å²) in [4.78, 5) is 22.5. The molecule has 5 nitrogen and oxygen atoms in total. The van der Waals surface area contributed by atoms with E-state index in [2.05, 4.69) is 0 Å². The number of esters is 1. The Labute approximate surface area is 103 Å². The van der Waals surface area contributed by atoms with Gasteiger partial charge in [-0.3, -0.25) is 0 Å². The van der Waals surface area contributed by atoms with Gasteiger partial charge in [0, 0.05) is 0 Å². The number of aliphatic hydroxyl groups excluding tert-OH is 1. The third kappa shape index (κ3) is 1.86. The number of carbonyl (C=O) groups excluding carboxylic acids is 1. The number of ether oxygens (including phenoxy) is 1. The van der Waals surface area contributed by atoms with Gasteiger partial charge >= 0.3 is 11.9 Å². The van der Waals surface area contributed by atoms with E-state index < -0.39 is 17.7 Å². The highest BCUT2D eigenvalue weighted by atomic mass is 16.6. The molecular weight excluding hydrogens is 236 g/mol. The van der Waals surface area contributed by atoms with Crippen molar-refractivity contribution in [1.82, 2.24) is 0 Å². The van der Waals surface area contributed by atoms with Crippen LogP contribution in [0.25, 0.3) is 5.57 Å². The fraction of sp³-hybridized carbons (Fsp3) is 0.0769. The van der Waals surface area contributed by atoms with Crippen molar-refractivity contribution in [3.63, 3.8) is 0 Å². The molecule has 2 N–H and O–H groups in total. The Morgan fingerprint density at radius 2 is 1.83 bits per heavy atom. The highest BCUT2D eigenvalue weighted by molar-refractivity contribution is 6.21. The molecule has 0 bridgehead atoms. The van der Waals surface area contributed by atoms with E-state index in [1.807, 2.05) is 0 Å². The van der Waals surface area contributed by atoms with Crippen molar-refractivity contribution < 1.29 is 24.5 Å². The third-order valence-electron chi connectivity index (χ3n) is 2.57. The second-order valence-electron chi connectivity index (χ2n) is 3.74. The van der Waals surface area contributed by atoms with Crippen molar-refractivity contribution in [3.05, 3.63) is 53.0 Å². The van der Waals surface area contributed by atoms with Gasteiger partial charge in [-0.15, -0.1) is 0 Å². The summed E-state index contributed by atoms with van der Waals surface area (Å²) in [5, 5.41) is 18.7. The molecule has 0 aromatic heterocycles. The fourth-order valence-electron chi connectivity index (χ4n) is 1.61. The SMILES string of the molecule is C/C(C(=O)O)=C1\OC(=O)C(c2ccccc2)=C1O. The summed E-state index contributed by atoms with van der Waals surface area (Å²) >= 11 is 0. The van der Waals surface area contributed by atoms with Crippen LogP contribution >= 0.6 is 0 Å². The van der Waals surface area contributed by atoms with Gasteiger partial charge in [-0.05, 0) is 12.5 Å². The normalized spacial score (nSPS) is 17.7. The van der Waals surface area contributed by atoms with E-state index in [-0.39, 0.29) is 16.9 Å². The predicted molar refractivity (Wildman–Crippen MR) is 62.4 cm³/mol. The van der Waals surface area contributed by atoms with E-state index in [1.54, 1.807) is 30.3 Å². The largest absolute Gasteiger partial charge is 0.504 e. The molecule has 0 amide bonds. The monoisotopic (exact) mass is 246 g/mol. The molecule has 0 aliphatic carbocycles. The average Bonchev–Trinajstić information content (AvgIpc) is 2.65. The fourth-order valence-corrected chi connectivity index (χ4v) is 1.61. The molecule has 1 aromatic rings. The predicted octanol–water partition coefficient (Wildman–Crippen LogP) is 1.87. The number of cyclic esters (lactones) is 1. The zero-order valence-electron chi connectivity index (χ0n) is 9.51. The molecule has 1 aromatic carbocycles. The third-order valence-corrected chi connectivity index (χ3v) is 2.57. The highest BCUT2D eigenvalue weighted by Crippen LogP contribution is 2.32. The van der Waals surface area contributed by atoms with Crippen molar-refractivity contribution >= 4 is 17.5 Å². The maximum Gasteiger partial charge on any atom is 0.348 e. The minimum Gasteiger partial charge on any atom is -0.504 e. The van der Waals surface area contributed by atoms with Crippen molar-refractivity contribution in [2.45, 2.75) is 6.92 Å². The molecular formula is C13H10O5. The minimum atomic E-state index is -1.25. The van der Waals surface area contributed by atoms with Gasteiger partial charge in [0.25, 0.3) is 0 Å². The molecule has 0 saturated heterocycles. The molecule has 0 radical (unpaired) electrons. The van der Waals surface area contributed by atoms with Gasteiger partial charge in [0.2, 0.25) is 0 Å². The Balaban J connectivity index is 2.58. The zero-order chi connectivity index (χ0) is 13.3. The Kier molecular flexibility index (Phi) is 2.89. The number of carbonyl (C=O) groups is 2. The van der Waals surface area contributed by atoms with E-state index in [4.69, 9.17) is 9.84 Å². The minimum absolute atomic E-state index is 0.0220. The van der Waals surface area contributed by atoms with Crippen LogP contribution in [0.4, 0.5) is 0 Å². The molecule has 0 unspecified atom stereocenters.